The van der Waals surface area contributed by atoms with E-state index in [1.165, 1.54) is 4.90 Å². The molecular formula is C24H28BrNO4. The Morgan fingerprint density at radius 1 is 1.27 bits per heavy atom. The van der Waals surface area contributed by atoms with E-state index in [-0.39, 0.29) is 25.2 Å². The van der Waals surface area contributed by atoms with Crippen molar-refractivity contribution < 1.29 is 19.1 Å². The van der Waals surface area contributed by atoms with Crippen LogP contribution in [0.15, 0.2) is 53.0 Å². The maximum Gasteiger partial charge on any atom is 0.417 e. The van der Waals surface area contributed by atoms with Crippen molar-refractivity contribution in [2.45, 2.75) is 45.1 Å². The first-order valence-corrected chi connectivity index (χ1v) is 11.2. The normalized spacial score (nSPS) is 17.1. The van der Waals surface area contributed by atoms with E-state index < -0.39 is 12.0 Å². The van der Waals surface area contributed by atoms with Crippen LogP contribution in [0.25, 0.3) is 0 Å². The van der Waals surface area contributed by atoms with Gasteiger partial charge in [0.1, 0.15) is 6.61 Å². The highest BCUT2D eigenvalue weighted by molar-refractivity contribution is 9.10. The van der Waals surface area contributed by atoms with Gasteiger partial charge in [-0.3, -0.25) is 4.79 Å². The molecule has 1 fully saturated rings. The molecule has 0 aliphatic carbocycles. The third-order valence-corrected chi connectivity index (χ3v) is 5.84. The molecule has 0 saturated carbocycles. The highest BCUT2D eigenvalue weighted by Crippen LogP contribution is 2.29. The number of carbonyl (C=O) groups is 2. The Morgan fingerprint density at radius 3 is 2.73 bits per heavy atom. The van der Waals surface area contributed by atoms with Crippen LogP contribution < -0.4 is 0 Å². The summed E-state index contributed by atoms with van der Waals surface area (Å²) < 4.78 is 12.1. The quantitative estimate of drug-likeness (QED) is 0.466. The Bertz CT molecular complexity index is 871. The second kappa shape index (κ2) is 10.7. The van der Waals surface area contributed by atoms with Gasteiger partial charge in [0, 0.05) is 11.1 Å². The fourth-order valence-corrected chi connectivity index (χ4v) is 4.18. The first kappa shape index (κ1) is 22.5. The van der Waals surface area contributed by atoms with Gasteiger partial charge in [0.15, 0.2) is 0 Å². The molecule has 30 heavy (non-hydrogen) atoms. The van der Waals surface area contributed by atoms with Gasteiger partial charge in [-0.1, -0.05) is 65.7 Å². The van der Waals surface area contributed by atoms with E-state index in [0.29, 0.717) is 13.0 Å². The van der Waals surface area contributed by atoms with E-state index >= 15 is 0 Å². The monoisotopic (exact) mass is 473 g/mol. The summed E-state index contributed by atoms with van der Waals surface area (Å²) in [6.45, 7) is 5.11. The van der Waals surface area contributed by atoms with E-state index in [2.05, 4.69) is 22.9 Å². The smallest absolute Gasteiger partial charge is 0.417 e. The Hall–Kier alpha value is -2.18. The molecule has 1 aliphatic heterocycles. The number of carbonyl (C=O) groups excluding carboxylic acids is 2. The number of aryl methyl sites for hydroxylation is 1. The fraction of sp³-hybridized carbons (Fsp3) is 0.417. The van der Waals surface area contributed by atoms with Crippen molar-refractivity contribution in [2.75, 3.05) is 19.8 Å². The van der Waals surface area contributed by atoms with Crippen molar-refractivity contribution in [1.29, 1.82) is 0 Å². The summed E-state index contributed by atoms with van der Waals surface area (Å²) in [5.41, 5.74) is 2.92. The zero-order chi connectivity index (χ0) is 21.5. The van der Waals surface area contributed by atoms with Crippen LogP contribution in [0.4, 0.5) is 4.79 Å². The van der Waals surface area contributed by atoms with Gasteiger partial charge >= 0.3 is 6.09 Å². The molecule has 6 heteroatoms. The average Bonchev–Trinajstić information content (AvgIpc) is 3.09. The van der Waals surface area contributed by atoms with Gasteiger partial charge in [-0.25, -0.2) is 9.69 Å². The Morgan fingerprint density at radius 2 is 2.03 bits per heavy atom. The number of rotatable bonds is 9. The molecule has 0 unspecified atom stereocenters. The zero-order valence-electron chi connectivity index (χ0n) is 17.5. The molecule has 2 aromatic rings. The van der Waals surface area contributed by atoms with Crippen molar-refractivity contribution in [3.8, 4) is 0 Å². The van der Waals surface area contributed by atoms with Crippen LogP contribution in [0.3, 0.4) is 0 Å². The van der Waals surface area contributed by atoms with Crippen molar-refractivity contribution in [3.05, 3.63) is 69.7 Å². The summed E-state index contributed by atoms with van der Waals surface area (Å²) in [6.07, 6.45) is 1.95. The topological polar surface area (TPSA) is 55.8 Å². The largest absolute Gasteiger partial charge is 0.447 e. The van der Waals surface area contributed by atoms with Gasteiger partial charge in [0.05, 0.1) is 18.6 Å². The molecule has 0 radical (unpaired) electrons. The van der Waals surface area contributed by atoms with Gasteiger partial charge in [0.25, 0.3) is 0 Å². The summed E-state index contributed by atoms with van der Waals surface area (Å²) >= 11 is 3.48. The lowest BCUT2D eigenvalue weighted by atomic mass is 9.93. The van der Waals surface area contributed by atoms with Crippen molar-refractivity contribution >= 4 is 27.9 Å². The third kappa shape index (κ3) is 5.49. The first-order chi connectivity index (χ1) is 14.5. The molecule has 2 atom stereocenters. The van der Waals surface area contributed by atoms with Gasteiger partial charge in [-0.2, -0.15) is 0 Å². The number of hydrogen-bond donors (Lipinski definition) is 0. The molecular weight excluding hydrogens is 446 g/mol. The van der Waals surface area contributed by atoms with Crippen LogP contribution >= 0.6 is 15.9 Å². The second-order valence-corrected chi connectivity index (χ2v) is 8.53. The van der Waals surface area contributed by atoms with Crippen molar-refractivity contribution in [2.24, 2.45) is 0 Å². The second-order valence-electron chi connectivity index (χ2n) is 7.61. The Labute approximate surface area is 186 Å². The summed E-state index contributed by atoms with van der Waals surface area (Å²) in [4.78, 5) is 27.4. The Balaban J connectivity index is 1.84. The molecule has 0 aromatic heterocycles. The van der Waals surface area contributed by atoms with Gasteiger partial charge in [-0.05, 0) is 48.6 Å². The van der Waals surface area contributed by atoms with Crippen molar-refractivity contribution in [3.63, 3.8) is 0 Å². The van der Waals surface area contributed by atoms with Crippen molar-refractivity contribution in [1.82, 2.24) is 4.90 Å². The lowest BCUT2D eigenvalue weighted by Gasteiger charge is -2.26. The van der Waals surface area contributed by atoms with Crippen LogP contribution in [0.2, 0.25) is 0 Å². The van der Waals surface area contributed by atoms with Gasteiger partial charge in [-0.15, -0.1) is 0 Å². The van der Waals surface area contributed by atoms with Crippen LogP contribution in [0.1, 0.15) is 42.4 Å². The summed E-state index contributed by atoms with van der Waals surface area (Å²) in [5.74, 6) is -0.820. The number of hydrogen-bond acceptors (Lipinski definition) is 4. The van der Waals surface area contributed by atoms with Crippen LogP contribution in [-0.2, 0) is 20.7 Å². The van der Waals surface area contributed by atoms with E-state index in [1.807, 2.05) is 55.5 Å². The molecule has 0 bridgehead atoms. The maximum atomic E-state index is 13.6. The Kier molecular flexibility index (Phi) is 8.05. The molecule has 3 rings (SSSR count). The van der Waals surface area contributed by atoms with E-state index in [0.717, 1.165) is 34.0 Å². The van der Waals surface area contributed by atoms with Gasteiger partial charge < -0.3 is 9.47 Å². The number of nitrogens with zero attached hydrogens (tertiary/aromatic N) is 1. The lowest BCUT2D eigenvalue weighted by molar-refractivity contribution is -0.132. The van der Waals surface area contributed by atoms with E-state index in [9.17, 15) is 9.59 Å². The minimum absolute atomic E-state index is 0.211. The number of benzene rings is 2. The summed E-state index contributed by atoms with van der Waals surface area (Å²) in [6, 6.07) is 15.3. The fourth-order valence-electron chi connectivity index (χ4n) is 3.71. The molecule has 1 aliphatic rings. The molecule has 160 valence electrons. The summed E-state index contributed by atoms with van der Waals surface area (Å²) in [7, 11) is 0. The number of ether oxygens (including phenoxy) is 2. The van der Waals surface area contributed by atoms with Crippen LogP contribution in [0, 0.1) is 6.92 Å². The molecule has 2 aromatic carbocycles. The highest BCUT2D eigenvalue weighted by atomic mass is 79.9. The van der Waals surface area contributed by atoms with Gasteiger partial charge in [0.2, 0.25) is 5.91 Å². The third-order valence-electron chi connectivity index (χ3n) is 5.34. The molecule has 1 saturated heterocycles. The molecule has 5 nitrogen and oxygen atoms in total. The maximum absolute atomic E-state index is 13.6. The SMILES string of the molecule is CCCCOC[C@@H](C(=O)N1C(=O)OC[C@H]1Cc1ccccc1)c1ccc(Br)cc1C. The number of unbranched alkanes of at least 4 members (excludes halogenated alkanes) is 1. The summed E-state index contributed by atoms with van der Waals surface area (Å²) in [5, 5.41) is 0. The van der Waals surface area contributed by atoms with E-state index in [4.69, 9.17) is 9.47 Å². The number of amides is 2. The number of halogens is 1. The molecule has 2 amide bonds. The minimum Gasteiger partial charge on any atom is -0.447 e. The minimum atomic E-state index is -0.575. The molecule has 0 N–H and O–H groups in total. The molecule has 0 spiro atoms. The number of imide groups is 1. The lowest BCUT2D eigenvalue weighted by Crippen LogP contribution is -2.44. The highest BCUT2D eigenvalue weighted by Gasteiger charge is 2.41. The predicted molar refractivity (Wildman–Crippen MR) is 119 cm³/mol. The van der Waals surface area contributed by atoms with Crippen LogP contribution in [-0.4, -0.2) is 42.8 Å². The molecule has 1 heterocycles. The van der Waals surface area contributed by atoms with E-state index in [1.54, 1.807) is 0 Å². The standard InChI is InChI=1S/C24H28BrNO4/c1-3-4-12-29-16-22(21-11-10-19(25)13-17(21)2)23(27)26-20(15-30-24(26)28)14-18-8-6-5-7-9-18/h5-11,13,20,22H,3-4,12,14-16H2,1-2H3/t20-,22-/m1/s1. The zero-order valence-corrected chi connectivity index (χ0v) is 19.1. The number of cyclic esters (lactones) is 1. The average molecular weight is 474 g/mol. The van der Waals surface area contributed by atoms with Crippen LogP contribution in [0.5, 0.6) is 0 Å². The first-order valence-electron chi connectivity index (χ1n) is 10.4. The predicted octanol–water partition coefficient (Wildman–Crippen LogP) is 5.25.